The molecule has 0 spiro atoms. The summed E-state index contributed by atoms with van der Waals surface area (Å²) in [4.78, 5) is 18.8. The molecule has 1 unspecified atom stereocenters. The third-order valence-electron chi connectivity index (χ3n) is 3.50. The summed E-state index contributed by atoms with van der Waals surface area (Å²) in [6.07, 6.45) is 1.88. The zero-order valence-electron chi connectivity index (χ0n) is 12.2. The first-order chi connectivity index (χ1) is 10.6. The number of aliphatic imine (C=N–C) groups is 1. The first kappa shape index (κ1) is 14.8. The van der Waals surface area contributed by atoms with E-state index in [9.17, 15) is 9.18 Å². The standard InChI is InChI=1S/C16H15FN2O2S/c1-3-21-15(20)13-10(2)18-16-19(8-9-22-16)14(13)11-4-6-12(17)7-5-11/h4-9,14H,3H2,1-2H3. The molecule has 3 rings (SSSR count). The van der Waals surface area contributed by atoms with Crippen molar-refractivity contribution < 1.29 is 13.9 Å². The van der Waals surface area contributed by atoms with Crippen LogP contribution in [0.25, 0.3) is 0 Å². The lowest BCUT2D eigenvalue weighted by Crippen LogP contribution is -2.34. The third kappa shape index (κ3) is 2.54. The zero-order chi connectivity index (χ0) is 15.7. The second-order valence-electron chi connectivity index (χ2n) is 4.88. The van der Waals surface area contributed by atoms with Crippen LogP contribution in [0, 0.1) is 5.82 Å². The topological polar surface area (TPSA) is 41.9 Å². The van der Waals surface area contributed by atoms with Gasteiger partial charge in [0, 0.05) is 6.20 Å². The maximum absolute atomic E-state index is 13.2. The average Bonchev–Trinajstić information content (AvgIpc) is 2.94. The van der Waals surface area contributed by atoms with Crippen molar-refractivity contribution in [3.8, 4) is 0 Å². The molecular weight excluding hydrogens is 303 g/mol. The van der Waals surface area contributed by atoms with Crippen LogP contribution in [0.5, 0.6) is 0 Å². The average molecular weight is 318 g/mol. The smallest absolute Gasteiger partial charge is 0.338 e. The lowest BCUT2D eigenvalue weighted by molar-refractivity contribution is -0.139. The normalized spacial score (nSPS) is 20.0. The van der Waals surface area contributed by atoms with Gasteiger partial charge in [0.2, 0.25) is 0 Å². The van der Waals surface area contributed by atoms with Crippen molar-refractivity contribution in [1.82, 2.24) is 4.90 Å². The quantitative estimate of drug-likeness (QED) is 0.799. The number of hydrogen-bond donors (Lipinski definition) is 0. The predicted octanol–water partition coefficient (Wildman–Crippen LogP) is 3.59. The molecule has 0 amide bonds. The number of carbonyl (C=O) groups is 1. The Kier molecular flexibility index (Phi) is 4.02. The summed E-state index contributed by atoms with van der Waals surface area (Å²) < 4.78 is 18.4. The number of thioether (sulfide) groups is 1. The van der Waals surface area contributed by atoms with E-state index in [2.05, 4.69) is 4.99 Å². The first-order valence-corrected chi connectivity index (χ1v) is 7.83. The fourth-order valence-electron chi connectivity index (χ4n) is 2.54. The van der Waals surface area contributed by atoms with E-state index in [1.807, 2.05) is 16.5 Å². The summed E-state index contributed by atoms with van der Waals surface area (Å²) in [6, 6.07) is 5.81. The molecule has 0 saturated carbocycles. The number of allylic oxidation sites excluding steroid dienone is 1. The van der Waals surface area contributed by atoms with Crippen LogP contribution in [-0.4, -0.2) is 22.6 Å². The SMILES string of the molecule is CCOC(=O)C1=C(C)N=C2SC=CN2C1c1ccc(F)cc1. The van der Waals surface area contributed by atoms with Gasteiger partial charge in [-0.25, -0.2) is 14.2 Å². The molecule has 1 atom stereocenters. The van der Waals surface area contributed by atoms with Crippen molar-refractivity contribution in [2.24, 2.45) is 4.99 Å². The zero-order valence-corrected chi connectivity index (χ0v) is 13.1. The number of rotatable bonds is 3. The Morgan fingerprint density at radius 1 is 1.41 bits per heavy atom. The van der Waals surface area contributed by atoms with E-state index >= 15 is 0 Å². The monoisotopic (exact) mass is 318 g/mol. The Balaban J connectivity index is 2.09. The molecule has 0 aliphatic carbocycles. The molecule has 1 aromatic rings. The number of carbonyl (C=O) groups excluding carboxylic acids is 1. The molecule has 1 aromatic carbocycles. The summed E-state index contributed by atoms with van der Waals surface area (Å²) >= 11 is 1.49. The van der Waals surface area contributed by atoms with Crippen molar-refractivity contribution in [3.05, 3.63) is 58.5 Å². The fourth-order valence-corrected chi connectivity index (χ4v) is 3.33. The molecule has 0 fully saturated rings. The van der Waals surface area contributed by atoms with Crippen LogP contribution < -0.4 is 0 Å². The summed E-state index contributed by atoms with van der Waals surface area (Å²) in [6.45, 7) is 3.86. The molecule has 0 saturated heterocycles. The van der Waals surface area contributed by atoms with E-state index in [0.29, 0.717) is 17.9 Å². The minimum Gasteiger partial charge on any atom is -0.463 e. The Morgan fingerprint density at radius 2 is 2.14 bits per heavy atom. The Labute approximate surface area is 132 Å². The van der Waals surface area contributed by atoms with Gasteiger partial charge in [-0.3, -0.25) is 0 Å². The van der Waals surface area contributed by atoms with Gasteiger partial charge in [-0.15, -0.1) is 0 Å². The van der Waals surface area contributed by atoms with E-state index in [1.54, 1.807) is 26.0 Å². The van der Waals surface area contributed by atoms with E-state index in [4.69, 9.17) is 4.74 Å². The van der Waals surface area contributed by atoms with Crippen molar-refractivity contribution in [3.63, 3.8) is 0 Å². The molecule has 0 radical (unpaired) electrons. The van der Waals surface area contributed by atoms with Gasteiger partial charge in [-0.05, 0) is 37.0 Å². The molecule has 4 nitrogen and oxygen atoms in total. The Hall–Kier alpha value is -2.08. The van der Waals surface area contributed by atoms with Crippen LogP contribution in [-0.2, 0) is 9.53 Å². The lowest BCUT2D eigenvalue weighted by Gasteiger charge is -2.33. The molecule has 2 heterocycles. The largest absolute Gasteiger partial charge is 0.463 e. The van der Waals surface area contributed by atoms with Crippen molar-refractivity contribution in [1.29, 1.82) is 0 Å². The molecule has 114 valence electrons. The number of hydrogen-bond acceptors (Lipinski definition) is 5. The highest BCUT2D eigenvalue weighted by Gasteiger charge is 2.37. The Morgan fingerprint density at radius 3 is 2.82 bits per heavy atom. The number of halogens is 1. The maximum atomic E-state index is 13.2. The minimum absolute atomic E-state index is 0.299. The number of benzene rings is 1. The second-order valence-corrected chi connectivity index (χ2v) is 5.75. The van der Waals surface area contributed by atoms with Gasteiger partial charge in [0.25, 0.3) is 0 Å². The van der Waals surface area contributed by atoms with Crippen molar-refractivity contribution >= 4 is 22.9 Å². The number of amidine groups is 1. The van der Waals surface area contributed by atoms with Crippen LogP contribution in [0.15, 0.2) is 52.1 Å². The minimum atomic E-state index is -0.387. The van der Waals surface area contributed by atoms with Crippen molar-refractivity contribution in [2.45, 2.75) is 19.9 Å². The fraction of sp³-hybridized carbons (Fsp3) is 0.250. The second kappa shape index (κ2) is 5.96. The van der Waals surface area contributed by atoms with Gasteiger partial charge in [0.05, 0.1) is 23.9 Å². The van der Waals surface area contributed by atoms with Gasteiger partial charge in [0.1, 0.15) is 5.82 Å². The van der Waals surface area contributed by atoms with Gasteiger partial charge < -0.3 is 9.64 Å². The highest BCUT2D eigenvalue weighted by molar-refractivity contribution is 8.16. The molecule has 0 N–H and O–H groups in total. The molecule has 0 bridgehead atoms. The molecule has 2 aliphatic rings. The first-order valence-electron chi connectivity index (χ1n) is 6.95. The summed E-state index contributed by atoms with van der Waals surface area (Å²) in [5.74, 6) is -0.694. The highest BCUT2D eigenvalue weighted by Crippen LogP contribution is 2.40. The molecule has 6 heteroatoms. The van der Waals surface area contributed by atoms with E-state index < -0.39 is 0 Å². The van der Waals surface area contributed by atoms with Crippen LogP contribution in [0.4, 0.5) is 4.39 Å². The van der Waals surface area contributed by atoms with E-state index in [0.717, 1.165) is 10.7 Å². The van der Waals surface area contributed by atoms with Gasteiger partial charge in [0.15, 0.2) is 5.17 Å². The summed E-state index contributed by atoms with van der Waals surface area (Å²) in [7, 11) is 0. The number of nitrogens with zero attached hydrogens (tertiary/aromatic N) is 2. The molecule has 2 aliphatic heterocycles. The van der Waals surface area contributed by atoms with Crippen LogP contribution in [0.2, 0.25) is 0 Å². The van der Waals surface area contributed by atoms with Crippen LogP contribution in [0.3, 0.4) is 0 Å². The van der Waals surface area contributed by atoms with Gasteiger partial charge >= 0.3 is 5.97 Å². The molecule has 0 aromatic heterocycles. The Bertz CT molecular complexity index is 695. The maximum Gasteiger partial charge on any atom is 0.338 e. The van der Waals surface area contributed by atoms with Crippen LogP contribution in [0.1, 0.15) is 25.5 Å². The van der Waals surface area contributed by atoms with Crippen LogP contribution >= 0.6 is 11.8 Å². The van der Waals surface area contributed by atoms with Gasteiger partial charge in [-0.2, -0.15) is 0 Å². The highest BCUT2D eigenvalue weighted by atomic mass is 32.2. The number of fused-ring (bicyclic) bond motifs is 1. The molecular formula is C16H15FN2O2S. The van der Waals surface area contributed by atoms with E-state index in [1.165, 1.54) is 23.9 Å². The number of ether oxygens (including phenoxy) is 1. The number of esters is 1. The summed E-state index contributed by atoms with van der Waals surface area (Å²) in [5, 5.41) is 2.72. The summed E-state index contributed by atoms with van der Waals surface area (Å²) in [5.41, 5.74) is 1.95. The molecule has 22 heavy (non-hydrogen) atoms. The lowest BCUT2D eigenvalue weighted by atomic mass is 9.95. The predicted molar refractivity (Wildman–Crippen MR) is 84.5 cm³/mol. The van der Waals surface area contributed by atoms with Gasteiger partial charge in [-0.1, -0.05) is 23.9 Å². The van der Waals surface area contributed by atoms with E-state index in [-0.39, 0.29) is 17.8 Å². The third-order valence-corrected chi connectivity index (χ3v) is 4.27. The van der Waals surface area contributed by atoms with Crippen molar-refractivity contribution in [2.75, 3.05) is 6.61 Å².